The Morgan fingerprint density at radius 3 is 1.43 bits per heavy atom. The van der Waals surface area contributed by atoms with Gasteiger partial charge in [-0.1, -0.05) is 71.2 Å². The summed E-state index contributed by atoms with van der Waals surface area (Å²) in [4.78, 5) is 8.67. The molecule has 0 fully saturated rings. The van der Waals surface area contributed by atoms with Gasteiger partial charge in [-0.15, -0.1) is 0 Å². The van der Waals surface area contributed by atoms with Crippen LogP contribution in [-0.4, -0.2) is 9.97 Å². The molecule has 0 atom stereocenters. The Kier molecular flexibility index (Phi) is 7.26. The van der Waals surface area contributed by atoms with Crippen molar-refractivity contribution in [2.24, 2.45) is 0 Å². The summed E-state index contributed by atoms with van der Waals surface area (Å²) in [5.74, 6) is 0. The zero-order valence-electron chi connectivity index (χ0n) is 18.3. The summed E-state index contributed by atoms with van der Waals surface area (Å²) in [6, 6.07) is 29.6. The summed E-state index contributed by atoms with van der Waals surface area (Å²) in [6.45, 7) is 0. The second kappa shape index (κ2) is 10.7. The highest BCUT2D eigenvalue weighted by atomic mass is 35.5. The van der Waals surface area contributed by atoms with E-state index in [4.69, 9.17) is 34.8 Å². The quantitative estimate of drug-likeness (QED) is 0.174. The molecule has 0 bridgehead atoms. The molecule has 172 valence electrons. The van der Waals surface area contributed by atoms with Gasteiger partial charge in [0, 0.05) is 50.5 Å². The van der Waals surface area contributed by atoms with Crippen LogP contribution in [0.1, 0.15) is 0 Å². The normalized spacial score (nSPS) is 10.8. The number of rotatable bonds is 6. The van der Waals surface area contributed by atoms with Gasteiger partial charge in [0.2, 0.25) is 5.16 Å². The van der Waals surface area contributed by atoms with Crippen LogP contribution in [0, 0.1) is 0 Å². The number of hydrogen-bond donors (Lipinski definition) is 1. The molecule has 35 heavy (non-hydrogen) atoms. The van der Waals surface area contributed by atoms with Crippen molar-refractivity contribution in [1.29, 1.82) is 0 Å². The van der Waals surface area contributed by atoms with Gasteiger partial charge in [0.1, 0.15) is 0 Å². The smallest absolute Gasteiger partial charge is 0.208 e. The molecule has 0 aliphatic carbocycles. The van der Waals surface area contributed by atoms with Crippen LogP contribution in [0.3, 0.4) is 0 Å². The van der Waals surface area contributed by atoms with E-state index < -0.39 is 0 Å². The molecule has 1 N–H and O–H groups in total. The van der Waals surface area contributed by atoms with Crippen molar-refractivity contribution >= 4 is 52.4 Å². The largest absolute Gasteiger partial charge is 0.322 e. The van der Waals surface area contributed by atoms with Crippen molar-refractivity contribution in [3.8, 4) is 33.4 Å². The monoisotopic (exact) mass is 533 g/mol. The molecule has 5 aromatic rings. The number of nitrogens with one attached hydrogen (secondary N) is 1. The van der Waals surface area contributed by atoms with Gasteiger partial charge in [-0.25, -0.2) is 9.97 Å². The Morgan fingerprint density at radius 2 is 0.971 bits per heavy atom. The standard InChI is InChI=1S/C28H18Cl3N3S/c29-22-8-2-18(3-9-22)21-16-25(19-4-10-23(30)11-5-19)27(34-35-28-32-14-1-15-33-28)26(17-21)20-6-12-24(31)13-7-20/h1-17,34H. The molecule has 7 heteroatoms. The summed E-state index contributed by atoms with van der Waals surface area (Å²) in [6.07, 6.45) is 3.45. The van der Waals surface area contributed by atoms with Gasteiger partial charge < -0.3 is 4.72 Å². The van der Waals surface area contributed by atoms with E-state index >= 15 is 0 Å². The Hall–Kier alpha value is -3.02. The molecule has 0 spiro atoms. The van der Waals surface area contributed by atoms with Crippen LogP contribution >= 0.6 is 46.8 Å². The van der Waals surface area contributed by atoms with E-state index in [-0.39, 0.29) is 0 Å². The SMILES string of the molecule is Clc1ccc(-c2cc(-c3ccc(Cl)cc3)c(NSc3ncccn3)c(-c3ccc(Cl)cc3)c2)cc1. The Morgan fingerprint density at radius 1 is 0.543 bits per heavy atom. The summed E-state index contributed by atoms with van der Waals surface area (Å²) in [5, 5.41) is 2.68. The highest BCUT2D eigenvalue weighted by Gasteiger charge is 2.16. The third-order valence-corrected chi connectivity index (χ3v) is 6.87. The van der Waals surface area contributed by atoms with E-state index in [9.17, 15) is 0 Å². The summed E-state index contributed by atoms with van der Waals surface area (Å²) < 4.78 is 3.52. The maximum Gasteiger partial charge on any atom is 0.208 e. The number of hydrogen-bond acceptors (Lipinski definition) is 4. The van der Waals surface area contributed by atoms with E-state index in [0.717, 1.165) is 39.1 Å². The lowest BCUT2D eigenvalue weighted by Gasteiger charge is -2.19. The van der Waals surface area contributed by atoms with Crippen LogP contribution in [0.25, 0.3) is 33.4 Å². The predicted molar refractivity (Wildman–Crippen MR) is 149 cm³/mol. The molecule has 5 rings (SSSR count). The fourth-order valence-electron chi connectivity index (χ4n) is 3.71. The molecule has 0 saturated carbocycles. The zero-order valence-corrected chi connectivity index (χ0v) is 21.3. The third-order valence-electron chi connectivity index (χ3n) is 5.41. The Bertz CT molecular complexity index is 1370. The summed E-state index contributed by atoms with van der Waals surface area (Å²) in [5.41, 5.74) is 7.14. The van der Waals surface area contributed by atoms with Gasteiger partial charge in [-0.2, -0.15) is 0 Å². The lowest BCUT2D eigenvalue weighted by molar-refractivity contribution is 0.970. The van der Waals surface area contributed by atoms with Crippen LogP contribution in [0.5, 0.6) is 0 Å². The number of halogens is 3. The molecule has 0 amide bonds. The molecule has 4 aromatic carbocycles. The van der Waals surface area contributed by atoms with Crippen molar-refractivity contribution in [1.82, 2.24) is 9.97 Å². The predicted octanol–water partition coefficient (Wildman–Crippen LogP) is 9.56. The van der Waals surface area contributed by atoms with E-state index in [1.54, 1.807) is 18.5 Å². The van der Waals surface area contributed by atoms with Crippen molar-refractivity contribution < 1.29 is 0 Å². The minimum Gasteiger partial charge on any atom is -0.322 e. The molecule has 3 nitrogen and oxygen atoms in total. The van der Waals surface area contributed by atoms with Gasteiger partial charge in [-0.3, -0.25) is 0 Å². The fraction of sp³-hybridized carbons (Fsp3) is 0. The van der Waals surface area contributed by atoms with Crippen LogP contribution in [0.15, 0.2) is 109 Å². The van der Waals surface area contributed by atoms with Crippen LogP contribution in [-0.2, 0) is 0 Å². The fourth-order valence-corrected chi connectivity index (χ4v) is 4.73. The molecule has 0 aliphatic rings. The highest BCUT2D eigenvalue weighted by molar-refractivity contribution is 8.00. The molecule has 0 saturated heterocycles. The first-order valence-electron chi connectivity index (χ1n) is 10.7. The second-order valence-electron chi connectivity index (χ2n) is 7.70. The first-order valence-corrected chi connectivity index (χ1v) is 12.7. The number of aromatic nitrogens is 2. The van der Waals surface area contributed by atoms with Gasteiger partial charge >= 0.3 is 0 Å². The van der Waals surface area contributed by atoms with Gasteiger partial charge in [0.15, 0.2) is 0 Å². The molecular formula is C28H18Cl3N3S. The lowest BCUT2D eigenvalue weighted by Crippen LogP contribution is -1.98. The highest BCUT2D eigenvalue weighted by Crippen LogP contribution is 2.43. The Labute approximate surface area is 223 Å². The summed E-state index contributed by atoms with van der Waals surface area (Å²) in [7, 11) is 0. The number of anilines is 1. The average Bonchev–Trinajstić information content (AvgIpc) is 2.89. The first kappa shape index (κ1) is 23.7. The van der Waals surface area contributed by atoms with Gasteiger partial charge in [0.25, 0.3) is 0 Å². The zero-order chi connectivity index (χ0) is 24.2. The van der Waals surface area contributed by atoms with E-state index in [1.165, 1.54) is 11.9 Å². The summed E-state index contributed by atoms with van der Waals surface area (Å²) >= 11 is 19.9. The molecule has 1 heterocycles. The number of benzene rings is 4. The Balaban J connectivity index is 1.72. The van der Waals surface area contributed by atoms with Crippen LogP contribution in [0.4, 0.5) is 5.69 Å². The van der Waals surface area contributed by atoms with Crippen molar-refractivity contribution in [2.45, 2.75) is 5.16 Å². The van der Waals surface area contributed by atoms with Crippen molar-refractivity contribution in [3.05, 3.63) is 118 Å². The van der Waals surface area contributed by atoms with E-state index in [2.05, 4.69) is 26.8 Å². The molecule has 0 radical (unpaired) electrons. The van der Waals surface area contributed by atoms with Gasteiger partial charge in [-0.05, 0) is 76.9 Å². The topological polar surface area (TPSA) is 37.8 Å². The van der Waals surface area contributed by atoms with Crippen LogP contribution in [0.2, 0.25) is 15.1 Å². The lowest BCUT2D eigenvalue weighted by atomic mass is 9.91. The van der Waals surface area contributed by atoms with Crippen LogP contribution < -0.4 is 4.72 Å². The minimum atomic E-state index is 0.624. The molecular weight excluding hydrogens is 517 g/mol. The van der Waals surface area contributed by atoms with Crippen molar-refractivity contribution in [3.63, 3.8) is 0 Å². The molecule has 0 aliphatic heterocycles. The van der Waals surface area contributed by atoms with E-state index in [0.29, 0.717) is 20.2 Å². The second-order valence-corrected chi connectivity index (χ2v) is 9.79. The first-order chi connectivity index (χ1) is 17.1. The molecule has 0 unspecified atom stereocenters. The number of nitrogens with zero attached hydrogens (tertiary/aromatic N) is 2. The van der Waals surface area contributed by atoms with Gasteiger partial charge in [0.05, 0.1) is 5.69 Å². The minimum absolute atomic E-state index is 0.624. The third kappa shape index (κ3) is 5.63. The maximum atomic E-state index is 6.20. The van der Waals surface area contributed by atoms with Crippen molar-refractivity contribution in [2.75, 3.05) is 4.72 Å². The molecule has 1 aromatic heterocycles. The van der Waals surface area contributed by atoms with E-state index in [1.807, 2.05) is 72.8 Å². The maximum absolute atomic E-state index is 6.20. The average molecular weight is 535 g/mol.